The van der Waals surface area contributed by atoms with Crippen LogP contribution in [-0.4, -0.2) is 39.0 Å². The second-order valence-corrected chi connectivity index (χ2v) is 7.45. The molecule has 0 atom stereocenters. The van der Waals surface area contributed by atoms with Gasteiger partial charge in [-0.25, -0.2) is 9.18 Å². The Kier molecular flexibility index (Phi) is 7.94. The fourth-order valence-corrected chi connectivity index (χ4v) is 3.59. The van der Waals surface area contributed by atoms with Crippen molar-refractivity contribution in [2.24, 2.45) is 0 Å². The fraction of sp³-hybridized carbons (Fsp3) is 0.182. The largest absolute Gasteiger partial charge is 0.334 e. The number of carbonyl (C=O) groups excluding carboxylic acids is 2. The van der Waals surface area contributed by atoms with E-state index in [1.54, 1.807) is 22.8 Å². The summed E-state index contributed by atoms with van der Waals surface area (Å²) in [5.41, 5.74) is 1.45. The molecule has 0 spiro atoms. The topological polar surface area (TPSA) is 88.9 Å². The van der Waals surface area contributed by atoms with Crippen molar-refractivity contribution in [2.45, 2.75) is 18.1 Å². The van der Waals surface area contributed by atoms with E-state index in [-0.39, 0.29) is 12.3 Å². The number of benzene rings is 2. The first-order valence-corrected chi connectivity index (χ1v) is 10.6. The Balaban J connectivity index is 1.76. The zero-order valence-corrected chi connectivity index (χ0v) is 17.6. The van der Waals surface area contributed by atoms with Gasteiger partial charge in [-0.3, -0.25) is 10.1 Å². The lowest BCUT2D eigenvalue weighted by molar-refractivity contribution is -0.117. The van der Waals surface area contributed by atoms with Crippen LogP contribution in [0.3, 0.4) is 0 Å². The molecule has 0 saturated heterocycles. The number of thioether (sulfide) groups is 1. The first-order valence-electron chi connectivity index (χ1n) is 9.62. The monoisotopic (exact) mass is 439 g/mol. The average molecular weight is 440 g/mol. The van der Waals surface area contributed by atoms with Crippen LogP contribution in [0.1, 0.15) is 5.56 Å². The Morgan fingerprint density at radius 1 is 1.10 bits per heavy atom. The first-order chi connectivity index (χ1) is 15.1. The van der Waals surface area contributed by atoms with Crippen LogP contribution in [0.5, 0.6) is 0 Å². The molecule has 9 heteroatoms. The molecule has 160 valence electrons. The molecule has 0 fully saturated rings. The SMILES string of the molecule is C=CCNC(=O)NC(=O)CSc1nnc(-c2ccccc2F)n1CCc1ccccc1. The van der Waals surface area contributed by atoms with Gasteiger partial charge in [0.05, 0.1) is 11.3 Å². The molecule has 31 heavy (non-hydrogen) atoms. The van der Waals surface area contributed by atoms with Gasteiger partial charge in [-0.1, -0.05) is 60.3 Å². The fourth-order valence-electron chi connectivity index (χ4n) is 2.83. The molecule has 0 aliphatic carbocycles. The molecule has 3 aromatic rings. The maximum Gasteiger partial charge on any atom is 0.321 e. The van der Waals surface area contributed by atoms with Gasteiger partial charge in [-0.15, -0.1) is 16.8 Å². The molecule has 1 heterocycles. The Bertz CT molecular complexity index is 1060. The number of aryl methyl sites for hydroxylation is 1. The van der Waals surface area contributed by atoms with Crippen LogP contribution >= 0.6 is 11.8 Å². The van der Waals surface area contributed by atoms with Crippen LogP contribution in [0, 0.1) is 5.82 Å². The van der Waals surface area contributed by atoms with Crippen molar-refractivity contribution in [3.05, 3.63) is 78.6 Å². The molecule has 0 aliphatic heterocycles. The minimum Gasteiger partial charge on any atom is -0.334 e. The van der Waals surface area contributed by atoms with E-state index < -0.39 is 17.8 Å². The van der Waals surface area contributed by atoms with Crippen molar-refractivity contribution in [1.82, 2.24) is 25.4 Å². The van der Waals surface area contributed by atoms with E-state index in [0.717, 1.165) is 17.3 Å². The quantitative estimate of drug-likeness (QED) is 0.394. The first kappa shape index (κ1) is 22.2. The molecule has 7 nitrogen and oxygen atoms in total. The van der Waals surface area contributed by atoms with E-state index in [0.29, 0.717) is 29.5 Å². The molecule has 0 radical (unpaired) electrons. The molecule has 0 bridgehead atoms. The molecular formula is C22H22FN5O2S. The number of aromatic nitrogens is 3. The summed E-state index contributed by atoms with van der Waals surface area (Å²) in [7, 11) is 0. The lowest BCUT2D eigenvalue weighted by Crippen LogP contribution is -2.40. The second kappa shape index (κ2) is 11.1. The summed E-state index contributed by atoms with van der Waals surface area (Å²) in [5.74, 6) is -0.524. The minimum atomic E-state index is -0.594. The van der Waals surface area contributed by atoms with Crippen molar-refractivity contribution < 1.29 is 14.0 Å². The predicted molar refractivity (Wildman–Crippen MR) is 118 cm³/mol. The number of amides is 3. The van der Waals surface area contributed by atoms with Gasteiger partial charge in [0.1, 0.15) is 5.82 Å². The lowest BCUT2D eigenvalue weighted by atomic mass is 10.1. The number of hydrogen-bond donors (Lipinski definition) is 2. The molecule has 0 saturated carbocycles. The van der Waals surface area contributed by atoms with E-state index in [2.05, 4.69) is 27.4 Å². The van der Waals surface area contributed by atoms with E-state index in [1.807, 2.05) is 30.3 Å². The molecular weight excluding hydrogens is 417 g/mol. The van der Waals surface area contributed by atoms with Gasteiger partial charge >= 0.3 is 6.03 Å². The van der Waals surface area contributed by atoms with Crippen molar-refractivity contribution in [3.8, 4) is 11.4 Å². The van der Waals surface area contributed by atoms with Crippen LogP contribution < -0.4 is 10.6 Å². The average Bonchev–Trinajstić information content (AvgIpc) is 3.18. The standard InChI is InChI=1S/C22H22FN5O2S/c1-2-13-24-21(30)25-19(29)15-31-22-27-26-20(17-10-6-7-11-18(17)23)28(22)14-12-16-8-4-3-5-9-16/h2-11H,1,12-15H2,(H2,24,25,29,30). The van der Waals surface area contributed by atoms with Gasteiger partial charge in [-0.2, -0.15) is 0 Å². The molecule has 1 aromatic heterocycles. The predicted octanol–water partition coefficient (Wildman–Crippen LogP) is 3.43. The smallest absolute Gasteiger partial charge is 0.321 e. The zero-order valence-electron chi connectivity index (χ0n) is 16.8. The van der Waals surface area contributed by atoms with Gasteiger partial charge in [0.25, 0.3) is 0 Å². The van der Waals surface area contributed by atoms with Crippen molar-refractivity contribution in [3.63, 3.8) is 0 Å². The van der Waals surface area contributed by atoms with E-state index in [1.165, 1.54) is 12.1 Å². The highest BCUT2D eigenvalue weighted by molar-refractivity contribution is 7.99. The summed E-state index contributed by atoms with van der Waals surface area (Å²) in [6.07, 6.45) is 2.20. The third kappa shape index (κ3) is 6.26. The number of nitrogens with one attached hydrogen (secondary N) is 2. The van der Waals surface area contributed by atoms with Crippen molar-refractivity contribution >= 4 is 23.7 Å². The molecule has 3 amide bonds. The molecule has 0 unspecified atom stereocenters. The number of imide groups is 1. The number of urea groups is 1. The van der Waals surface area contributed by atoms with Gasteiger partial charge in [0.15, 0.2) is 11.0 Å². The Labute approximate surface area is 183 Å². The van der Waals surface area contributed by atoms with Crippen LogP contribution in [0.15, 0.2) is 72.4 Å². The third-order valence-electron chi connectivity index (χ3n) is 4.29. The van der Waals surface area contributed by atoms with Crippen molar-refractivity contribution in [2.75, 3.05) is 12.3 Å². The van der Waals surface area contributed by atoms with Gasteiger partial charge < -0.3 is 9.88 Å². The number of nitrogens with zero attached hydrogens (tertiary/aromatic N) is 3. The molecule has 3 rings (SSSR count). The van der Waals surface area contributed by atoms with Crippen LogP contribution in [0.25, 0.3) is 11.4 Å². The maximum absolute atomic E-state index is 14.4. The van der Waals surface area contributed by atoms with E-state index in [4.69, 9.17) is 0 Å². The second-order valence-electron chi connectivity index (χ2n) is 6.51. The number of halogens is 1. The Morgan fingerprint density at radius 2 is 1.84 bits per heavy atom. The van der Waals surface area contributed by atoms with E-state index >= 15 is 0 Å². The summed E-state index contributed by atoms with van der Waals surface area (Å²) in [4.78, 5) is 23.7. The van der Waals surface area contributed by atoms with Crippen LogP contribution in [-0.2, 0) is 17.8 Å². The normalized spacial score (nSPS) is 10.5. The van der Waals surface area contributed by atoms with Crippen LogP contribution in [0.2, 0.25) is 0 Å². The van der Waals surface area contributed by atoms with Gasteiger partial charge in [-0.05, 0) is 24.1 Å². The van der Waals surface area contributed by atoms with Gasteiger partial charge in [0, 0.05) is 13.1 Å². The minimum absolute atomic E-state index is 0.0394. The zero-order chi connectivity index (χ0) is 22.1. The lowest BCUT2D eigenvalue weighted by Gasteiger charge is -2.11. The van der Waals surface area contributed by atoms with E-state index in [9.17, 15) is 14.0 Å². The Morgan fingerprint density at radius 3 is 2.58 bits per heavy atom. The number of rotatable bonds is 9. The summed E-state index contributed by atoms with van der Waals surface area (Å²) in [5, 5.41) is 13.5. The van der Waals surface area contributed by atoms with Crippen LogP contribution in [0.4, 0.5) is 9.18 Å². The molecule has 2 aromatic carbocycles. The summed E-state index contributed by atoms with van der Waals surface area (Å²) >= 11 is 1.13. The highest BCUT2D eigenvalue weighted by Gasteiger charge is 2.18. The third-order valence-corrected chi connectivity index (χ3v) is 5.26. The summed E-state index contributed by atoms with van der Waals surface area (Å²) < 4.78 is 16.2. The highest BCUT2D eigenvalue weighted by atomic mass is 32.2. The summed E-state index contributed by atoms with van der Waals surface area (Å²) in [6.45, 7) is 4.25. The maximum atomic E-state index is 14.4. The number of carbonyl (C=O) groups is 2. The molecule has 0 aliphatic rings. The van der Waals surface area contributed by atoms with Gasteiger partial charge in [0.2, 0.25) is 5.91 Å². The Hall–Kier alpha value is -3.46. The highest BCUT2D eigenvalue weighted by Crippen LogP contribution is 2.26. The van der Waals surface area contributed by atoms with Crippen molar-refractivity contribution in [1.29, 1.82) is 0 Å². The number of hydrogen-bond acceptors (Lipinski definition) is 5. The summed E-state index contributed by atoms with van der Waals surface area (Å²) in [6, 6.07) is 15.6. The molecule has 2 N–H and O–H groups in total.